The first-order valence-electron chi connectivity index (χ1n) is 7.22. The lowest BCUT2D eigenvalue weighted by molar-refractivity contribution is -0.120. The van der Waals surface area contributed by atoms with Crippen molar-refractivity contribution in [3.63, 3.8) is 0 Å². The predicted molar refractivity (Wildman–Crippen MR) is 95.9 cm³/mol. The summed E-state index contributed by atoms with van der Waals surface area (Å²) in [5, 5.41) is 6.81. The van der Waals surface area contributed by atoms with Crippen LogP contribution >= 0.6 is 11.6 Å². The van der Waals surface area contributed by atoms with Gasteiger partial charge in [-0.3, -0.25) is 9.59 Å². The van der Waals surface area contributed by atoms with Gasteiger partial charge in [-0.2, -0.15) is 5.10 Å². The van der Waals surface area contributed by atoms with Crippen LogP contribution in [0.3, 0.4) is 0 Å². The van der Waals surface area contributed by atoms with Crippen molar-refractivity contribution in [2.45, 2.75) is 0 Å². The molecule has 0 unspecified atom stereocenters. The molecule has 0 aliphatic heterocycles. The van der Waals surface area contributed by atoms with E-state index >= 15 is 0 Å². The Labute approximate surface area is 145 Å². The van der Waals surface area contributed by atoms with Crippen LogP contribution in [0.25, 0.3) is 6.08 Å². The lowest BCUT2D eigenvalue weighted by atomic mass is 10.2. The summed E-state index contributed by atoms with van der Waals surface area (Å²) in [5.41, 5.74) is 3.79. The second kappa shape index (κ2) is 9.27. The van der Waals surface area contributed by atoms with Gasteiger partial charge < -0.3 is 5.32 Å². The lowest BCUT2D eigenvalue weighted by Gasteiger charge is -2.04. The van der Waals surface area contributed by atoms with E-state index in [1.807, 2.05) is 36.4 Å². The molecule has 0 radical (unpaired) electrons. The maximum absolute atomic E-state index is 11.8. The van der Waals surface area contributed by atoms with E-state index < -0.39 is 5.91 Å². The van der Waals surface area contributed by atoms with Gasteiger partial charge in [0.15, 0.2) is 0 Å². The van der Waals surface area contributed by atoms with Crippen LogP contribution in [0.4, 0.5) is 0 Å². The summed E-state index contributed by atoms with van der Waals surface area (Å²) >= 11 is 5.75. The largest absolute Gasteiger partial charge is 0.343 e. The number of hydrogen-bond donors (Lipinski definition) is 2. The quantitative estimate of drug-likeness (QED) is 0.626. The molecule has 6 heteroatoms. The van der Waals surface area contributed by atoms with Crippen molar-refractivity contribution in [2.75, 3.05) is 6.54 Å². The highest BCUT2D eigenvalue weighted by atomic mass is 35.5. The fraction of sp³-hybridized carbons (Fsp3) is 0.0556. The van der Waals surface area contributed by atoms with Gasteiger partial charge >= 0.3 is 0 Å². The summed E-state index contributed by atoms with van der Waals surface area (Å²) in [5.74, 6) is -0.767. The van der Waals surface area contributed by atoms with Gasteiger partial charge in [-0.05, 0) is 35.9 Å². The summed E-state index contributed by atoms with van der Waals surface area (Å²) in [6, 6.07) is 16.1. The standard InChI is InChI=1S/C18H16ClN3O2/c19-16-10-8-15(9-11-16)18(24)20-13-17(23)22-21-12-4-7-14-5-2-1-3-6-14/h1-12H,13H2,(H,20,24)(H,22,23)/b7-4+,21-12+. The van der Waals surface area contributed by atoms with Crippen LogP contribution in [0, 0.1) is 0 Å². The first-order chi connectivity index (χ1) is 11.6. The van der Waals surface area contributed by atoms with Crippen molar-refractivity contribution in [3.8, 4) is 0 Å². The molecule has 0 saturated carbocycles. The van der Waals surface area contributed by atoms with E-state index in [0.717, 1.165) is 5.56 Å². The maximum atomic E-state index is 11.8. The average Bonchev–Trinajstić information content (AvgIpc) is 2.61. The zero-order valence-electron chi connectivity index (χ0n) is 12.8. The van der Waals surface area contributed by atoms with Crippen molar-refractivity contribution < 1.29 is 9.59 Å². The molecule has 0 aromatic heterocycles. The number of hydrazone groups is 1. The molecule has 2 N–H and O–H groups in total. The van der Waals surface area contributed by atoms with Gasteiger partial charge in [0, 0.05) is 16.8 Å². The smallest absolute Gasteiger partial charge is 0.259 e. The van der Waals surface area contributed by atoms with Crippen molar-refractivity contribution in [1.82, 2.24) is 10.7 Å². The Morgan fingerprint density at radius 2 is 1.75 bits per heavy atom. The molecule has 0 spiro atoms. The molecule has 0 heterocycles. The van der Waals surface area contributed by atoms with E-state index in [-0.39, 0.29) is 12.5 Å². The Bertz CT molecular complexity index is 741. The minimum Gasteiger partial charge on any atom is -0.343 e. The van der Waals surface area contributed by atoms with Crippen LogP contribution in [-0.2, 0) is 4.79 Å². The second-order valence-electron chi connectivity index (χ2n) is 4.77. The molecule has 0 bridgehead atoms. The van der Waals surface area contributed by atoms with Crippen molar-refractivity contribution in [3.05, 3.63) is 76.8 Å². The number of amides is 2. The van der Waals surface area contributed by atoms with Gasteiger partial charge in [-0.1, -0.05) is 48.0 Å². The Morgan fingerprint density at radius 1 is 1.04 bits per heavy atom. The van der Waals surface area contributed by atoms with E-state index in [1.54, 1.807) is 30.3 Å². The zero-order valence-corrected chi connectivity index (χ0v) is 13.5. The van der Waals surface area contributed by atoms with Gasteiger partial charge in [0.25, 0.3) is 11.8 Å². The normalized spacial score (nSPS) is 10.9. The van der Waals surface area contributed by atoms with Crippen molar-refractivity contribution in [2.24, 2.45) is 5.10 Å². The van der Waals surface area contributed by atoms with E-state index in [9.17, 15) is 9.59 Å². The molecule has 5 nitrogen and oxygen atoms in total. The number of nitrogens with one attached hydrogen (secondary N) is 2. The summed E-state index contributed by atoms with van der Waals surface area (Å²) in [6.07, 6.45) is 5.03. The fourth-order valence-corrected chi connectivity index (χ4v) is 1.90. The fourth-order valence-electron chi connectivity index (χ4n) is 1.77. The van der Waals surface area contributed by atoms with Crippen LogP contribution in [0.15, 0.2) is 65.8 Å². The minimum absolute atomic E-state index is 0.165. The van der Waals surface area contributed by atoms with Crippen LogP contribution in [0.2, 0.25) is 5.02 Å². The Hall–Kier alpha value is -2.92. The highest BCUT2D eigenvalue weighted by Gasteiger charge is 2.07. The summed E-state index contributed by atoms with van der Waals surface area (Å²) < 4.78 is 0. The monoisotopic (exact) mass is 341 g/mol. The van der Waals surface area contributed by atoms with Gasteiger partial charge in [0.05, 0.1) is 6.54 Å². The van der Waals surface area contributed by atoms with Gasteiger partial charge in [0.2, 0.25) is 0 Å². The van der Waals surface area contributed by atoms with E-state index in [4.69, 9.17) is 11.6 Å². The van der Waals surface area contributed by atoms with E-state index in [1.165, 1.54) is 6.21 Å². The zero-order chi connectivity index (χ0) is 17.2. The number of allylic oxidation sites excluding steroid dienone is 1. The topological polar surface area (TPSA) is 70.6 Å². The molecule has 0 aliphatic carbocycles. The number of nitrogens with zero attached hydrogens (tertiary/aromatic N) is 1. The lowest BCUT2D eigenvalue weighted by Crippen LogP contribution is -2.34. The SMILES string of the molecule is O=C(CNC(=O)c1ccc(Cl)cc1)N/N=C/C=C/c1ccccc1. The number of rotatable bonds is 6. The molecular weight excluding hydrogens is 326 g/mol. The van der Waals surface area contributed by atoms with Crippen LogP contribution in [0.1, 0.15) is 15.9 Å². The summed E-state index contributed by atoms with van der Waals surface area (Å²) in [6.45, 7) is -0.165. The Balaban J connectivity index is 1.71. The third-order valence-electron chi connectivity index (χ3n) is 2.95. The minimum atomic E-state index is -0.415. The number of halogens is 1. The first-order valence-corrected chi connectivity index (χ1v) is 7.60. The van der Waals surface area contributed by atoms with E-state index in [2.05, 4.69) is 15.8 Å². The maximum Gasteiger partial charge on any atom is 0.259 e. The molecule has 0 saturated heterocycles. The molecule has 2 aromatic rings. The van der Waals surface area contributed by atoms with Crippen molar-refractivity contribution in [1.29, 1.82) is 0 Å². The number of benzene rings is 2. The molecule has 2 aromatic carbocycles. The van der Waals surface area contributed by atoms with Gasteiger partial charge in [-0.25, -0.2) is 5.43 Å². The molecule has 0 fully saturated rings. The van der Waals surface area contributed by atoms with E-state index in [0.29, 0.717) is 10.6 Å². The van der Waals surface area contributed by atoms with Crippen molar-refractivity contribution >= 4 is 35.7 Å². The predicted octanol–water partition coefficient (Wildman–Crippen LogP) is 2.89. The first kappa shape index (κ1) is 17.4. The van der Waals surface area contributed by atoms with Crippen LogP contribution in [0.5, 0.6) is 0 Å². The Kier molecular flexibility index (Phi) is 6.73. The molecule has 122 valence electrons. The van der Waals surface area contributed by atoms with Crippen LogP contribution in [-0.4, -0.2) is 24.6 Å². The molecule has 2 rings (SSSR count). The number of carbonyl (C=O) groups is 2. The van der Waals surface area contributed by atoms with Crippen LogP contribution < -0.4 is 10.7 Å². The second-order valence-corrected chi connectivity index (χ2v) is 5.21. The number of carbonyl (C=O) groups excluding carboxylic acids is 2. The third kappa shape index (κ3) is 6.06. The molecule has 24 heavy (non-hydrogen) atoms. The summed E-state index contributed by atoms with van der Waals surface area (Å²) in [4.78, 5) is 23.4. The summed E-state index contributed by atoms with van der Waals surface area (Å²) in [7, 11) is 0. The molecule has 0 aliphatic rings. The third-order valence-corrected chi connectivity index (χ3v) is 3.21. The Morgan fingerprint density at radius 3 is 2.46 bits per heavy atom. The molecular formula is C18H16ClN3O2. The highest BCUT2D eigenvalue weighted by Crippen LogP contribution is 2.09. The molecule has 0 atom stereocenters. The van der Waals surface area contributed by atoms with Gasteiger partial charge in [0.1, 0.15) is 0 Å². The number of hydrogen-bond acceptors (Lipinski definition) is 3. The molecule has 2 amide bonds. The van der Waals surface area contributed by atoms with Gasteiger partial charge in [-0.15, -0.1) is 0 Å². The highest BCUT2D eigenvalue weighted by molar-refractivity contribution is 6.30. The average molecular weight is 342 g/mol.